The SMILES string of the molecule is CC(Cn1ccnc1)NC(=O)c1cccc(NS(=O)(=O)c2cccs2)c1. The molecule has 2 N–H and O–H groups in total. The number of aromatic nitrogens is 2. The van der Waals surface area contributed by atoms with Gasteiger partial charge >= 0.3 is 0 Å². The van der Waals surface area contributed by atoms with Gasteiger partial charge in [0.2, 0.25) is 0 Å². The molecule has 0 fully saturated rings. The van der Waals surface area contributed by atoms with Gasteiger partial charge in [-0.2, -0.15) is 0 Å². The topological polar surface area (TPSA) is 93.1 Å². The molecule has 0 aliphatic rings. The summed E-state index contributed by atoms with van der Waals surface area (Å²) in [5, 5.41) is 4.58. The Morgan fingerprint density at radius 1 is 1.31 bits per heavy atom. The third kappa shape index (κ3) is 4.50. The van der Waals surface area contributed by atoms with Crippen LogP contribution in [-0.4, -0.2) is 29.9 Å². The molecule has 2 aromatic heterocycles. The zero-order valence-electron chi connectivity index (χ0n) is 14.0. The Bertz CT molecular complexity index is 967. The van der Waals surface area contributed by atoms with Crippen LogP contribution in [0.25, 0.3) is 0 Å². The highest BCUT2D eigenvalue weighted by Crippen LogP contribution is 2.20. The molecule has 0 saturated carbocycles. The Balaban J connectivity index is 1.67. The molecular formula is C17H18N4O3S2. The van der Waals surface area contributed by atoms with Crippen LogP contribution < -0.4 is 10.0 Å². The molecule has 0 aliphatic heterocycles. The molecule has 26 heavy (non-hydrogen) atoms. The Morgan fingerprint density at radius 2 is 2.15 bits per heavy atom. The number of imidazole rings is 1. The van der Waals surface area contributed by atoms with Crippen molar-refractivity contribution >= 4 is 33.0 Å². The summed E-state index contributed by atoms with van der Waals surface area (Å²) >= 11 is 1.13. The minimum Gasteiger partial charge on any atom is -0.348 e. The average molecular weight is 390 g/mol. The van der Waals surface area contributed by atoms with Gasteiger partial charge in [-0.15, -0.1) is 11.3 Å². The molecule has 136 valence electrons. The van der Waals surface area contributed by atoms with Gasteiger partial charge < -0.3 is 9.88 Å². The first kappa shape index (κ1) is 18.2. The van der Waals surface area contributed by atoms with E-state index in [1.165, 1.54) is 12.1 Å². The van der Waals surface area contributed by atoms with Gasteiger partial charge in [-0.25, -0.2) is 13.4 Å². The molecule has 0 aliphatic carbocycles. The van der Waals surface area contributed by atoms with E-state index in [9.17, 15) is 13.2 Å². The smallest absolute Gasteiger partial charge is 0.271 e. The first-order valence-electron chi connectivity index (χ1n) is 7.87. The van der Waals surface area contributed by atoms with E-state index in [1.54, 1.807) is 42.2 Å². The molecule has 2 heterocycles. The van der Waals surface area contributed by atoms with Crippen molar-refractivity contribution < 1.29 is 13.2 Å². The van der Waals surface area contributed by atoms with E-state index in [1.807, 2.05) is 17.7 Å². The lowest BCUT2D eigenvalue weighted by atomic mass is 10.2. The molecule has 1 amide bonds. The number of anilines is 1. The van der Waals surface area contributed by atoms with Gasteiger partial charge in [0.25, 0.3) is 15.9 Å². The fraction of sp³-hybridized carbons (Fsp3) is 0.176. The minimum absolute atomic E-state index is 0.108. The Kier molecular flexibility index (Phi) is 5.38. The lowest BCUT2D eigenvalue weighted by Gasteiger charge is -2.15. The van der Waals surface area contributed by atoms with Crippen LogP contribution in [0.2, 0.25) is 0 Å². The van der Waals surface area contributed by atoms with E-state index in [0.29, 0.717) is 17.8 Å². The van der Waals surface area contributed by atoms with Crippen molar-refractivity contribution in [3.05, 3.63) is 66.1 Å². The summed E-state index contributed by atoms with van der Waals surface area (Å²) in [5.74, 6) is -0.269. The van der Waals surface area contributed by atoms with Crippen molar-refractivity contribution in [1.82, 2.24) is 14.9 Å². The molecule has 7 nitrogen and oxygen atoms in total. The van der Waals surface area contributed by atoms with Crippen LogP contribution in [0.1, 0.15) is 17.3 Å². The summed E-state index contributed by atoms with van der Waals surface area (Å²) in [7, 11) is -3.64. The highest BCUT2D eigenvalue weighted by molar-refractivity contribution is 7.94. The molecule has 3 rings (SSSR count). The quantitative estimate of drug-likeness (QED) is 0.648. The van der Waals surface area contributed by atoms with Crippen LogP contribution in [0, 0.1) is 0 Å². The minimum atomic E-state index is -3.64. The zero-order valence-corrected chi connectivity index (χ0v) is 15.6. The molecule has 0 saturated heterocycles. The molecule has 0 spiro atoms. The van der Waals surface area contributed by atoms with Crippen LogP contribution in [0.4, 0.5) is 5.69 Å². The van der Waals surface area contributed by atoms with Gasteiger partial charge in [0.15, 0.2) is 0 Å². The van der Waals surface area contributed by atoms with Gasteiger partial charge in [0, 0.05) is 36.2 Å². The van der Waals surface area contributed by atoms with Crippen molar-refractivity contribution in [2.75, 3.05) is 4.72 Å². The zero-order chi connectivity index (χ0) is 18.6. The fourth-order valence-corrected chi connectivity index (χ4v) is 4.45. The third-order valence-corrected chi connectivity index (χ3v) is 6.34. The van der Waals surface area contributed by atoms with Crippen LogP contribution in [0.3, 0.4) is 0 Å². The number of sulfonamides is 1. The summed E-state index contributed by atoms with van der Waals surface area (Å²) in [4.78, 5) is 16.4. The number of rotatable bonds is 7. The number of carbonyl (C=O) groups excluding carboxylic acids is 1. The number of nitrogens with one attached hydrogen (secondary N) is 2. The highest BCUT2D eigenvalue weighted by Gasteiger charge is 2.16. The summed E-state index contributed by atoms with van der Waals surface area (Å²) in [6, 6.07) is 9.50. The second kappa shape index (κ2) is 7.71. The largest absolute Gasteiger partial charge is 0.348 e. The van der Waals surface area contributed by atoms with E-state index >= 15 is 0 Å². The van der Waals surface area contributed by atoms with E-state index in [4.69, 9.17) is 0 Å². The first-order chi connectivity index (χ1) is 12.4. The molecule has 1 atom stereocenters. The normalized spacial score (nSPS) is 12.5. The molecule has 3 aromatic rings. The maximum Gasteiger partial charge on any atom is 0.271 e. The lowest BCUT2D eigenvalue weighted by molar-refractivity contribution is 0.0936. The van der Waals surface area contributed by atoms with Gasteiger partial charge in [-0.05, 0) is 36.6 Å². The second-order valence-corrected chi connectivity index (χ2v) is 8.61. The molecule has 1 unspecified atom stereocenters. The molecule has 0 bridgehead atoms. The predicted octanol–water partition coefficient (Wildman–Crippen LogP) is 2.56. The van der Waals surface area contributed by atoms with Gasteiger partial charge in [-0.1, -0.05) is 12.1 Å². The summed E-state index contributed by atoms with van der Waals surface area (Å²) in [5.41, 5.74) is 0.724. The number of benzene rings is 1. The number of amides is 1. The number of carbonyl (C=O) groups is 1. The second-order valence-electron chi connectivity index (χ2n) is 5.75. The van der Waals surface area contributed by atoms with E-state index in [2.05, 4.69) is 15.0 Å². The van der Waals surface area contributed by atoms with Crippen LogP contribution >= 0.6 is 11.3 Å². The number of thiophene rings is 1. The number of nitrogens with zero attached hydrogens (tertiary/aromatic N) is 2. The fourth-order valence-electron chi connectivity index (χ4n) is 2.41. The van der Waals surface area contributed by atoms with Gasteiger partial charge in [0.05, 0.1) is 6.33 Å². The van der Waals surface area contributed by atoms with Crippen molar-refractivity contribution in [3.8, 4) is 0 Å². The maximum absolute atomic E-state index is 12.4. The van der Waals surface area contributed by atoms with Crippen LogP contribution in [0.5, 0.6) is 0 Å². The van der Waals surface area contributed by atoms with E-state index < -0.39 is 10.0 Å². The van der Waals surface area contributed by atoms with E-state index in [-0.39, 0.29) is 16.2 Å². The highest BCUT2D eigenvalue weighted by atomic mass is 32.2. The average Bonchev–Trinajstić information content (AvgIpc) is 3.28. The van der Waals surface area contributed by atoms with Crippen molar-refractivity contribution in [2.45, 2.75) is 23.7 Å². The summed E-state index contributed by atoms with van der Waals surface area (Å²) < 4.78 is 29.2. The molecule has 1 aromatic carbocycles. The first-order valence-corrected chi connectivity index (χ1v) is 10.2. The standard InChI is InChI=1S/C17H18N4O3S2/c1-13(11-21-8-7-18-12-21)19-17(22)14-4-2-5-15(10-14)20-26(23,24)16-6-3-9-25-16/h2-10,12-13,20H,11H2,1H3,(H,19,22). The van der Waals surface area contributed by atoms with Crippen molar-refractivity contribution in [1.29, 1.82) is 0 Å². The Morgan fingerprint density at radius 3 is 2.85 bits per heavy atom. The third-order valence-electron chi connectivity index (χ3n) is 3.56. The monoisotopic (exact) mass is 390 g/mol. The Hall–Kier alpha value is -2.65. The molecule has 9 heteroatoms. The van der Waals surface area contributed by atoms with Gasteiger partial charge in [-0.3, -0.25) is 9.52 Å². The van der Waals surface area contributed by atoms with Crippen LogP contribution in [-0.2, 0) is 16.6 Å². The number of hydrogen-bond acceptors (Lipinski definition) is 5. The van der Waals surface area contributed by atoms with Gasteiger partial charge in [0.1, 0.15) is 4.21 Å². The number of hydrogen-bond donors (Lipinski definition) is 2. The Labute approximate surface area is 155 Å². The lowest BCUT2D eigenvalue weighted by Crippen LogP contribution is -2.35. The molecule has 0 radical (unpaired) electrons. The molecular weight excluding hydrogens is 372 g/mol. The van der Waals surface area contributed by atoms with Crippen molar-refractivity contribution in [2.24, 2.45) is 0 Å². The summed E-state index contributed by atoms with van der Waals surface area (Å²) in [6.45, 7) is 2.48. The maximum atomic E-state index is 12.4. The van der Waals surface area contributed by atoms with Crippen LogP contribution in [0.15, 0.2) is 64.7 Å². The van der Waals surface area contributed by atoms with E-state index in [0.717, 1.165) is 11.3 Å². The predicted molar refractivity (Wildman–Crippen MR) is 101 cm³/mol. The summed E-state index contributed by atoms with van der Waals surface area (Å²) in [6.07, 6.45) is 5.18. The van der Waals surface area contributed by atoms with Crippen molar-refractivity contribution in [3.63, 3.8) is 0 Å².